The number of hydrogen-bond acceptors (Lipinski definition) is 4. The molecule has 1 rings (SSSR count). The molecular formula is C15H17FO4. The Bertz CT molecular complexity index is 496. The first-order valence-corrected chi connectivity index (χ1v) is 6.13. The molecule has 0 bridgehead atoms. The predicted octanol–water partition coefficient (Wildman–Crippen LogP) is 2.32. The van der Waals surface area contributed by atoms with E-state index in [2.05, 4.69) is 4.74 Å². The summed E-state index contributed by atoms with van der Waals surface area (Å²) >= 11 is 0. The van der Waals surface area contributed by atoms with Gasteiger partial charge in [-0.2, -0.15) is 0 Å². The van der Waals surface area contributed by atoms with Crippen molar-refractivity contribution in [3.8, 4) is 0 Å². The molecule has 0 fully saturated rings. The molecule has 5 heteroatoms. The van der Waals surface area contributed by atoms with E-state index in [1.54, 1.807) is 30.4 Å². The maximum Gasteiger partial charge on any atom is 0.340 e. The molecule has 20 heavy (non-hydrogen) atoms. The summed E-state index contributed by atoms with van der Waals surface area (Å²) in [5.41, 5.74) is 1.53. The van der Waals surface area contributed by atoms with E-state index in [4.69, 9.17) is 4.74 Å². The Labute approximate surface area is 117 Å². The van der Waals surface area contributed by atoms with Gasteiger partial charge >= 0.3 is 11.9 Å². The highest BCUT2D eigenvalue weighted by Crippen LogP contribution is 2.11. The maximum absolute atomic E-state index is 13.5. The van der Waals surface area contributed by atoms with Crippen molar-refractivity contribution in [1.29, 1.82) is 0 Å². The summed E-state index contributed by atoms with van der Waals surface area (Å²) in [6.07, 6.45) is 1.75. The molecule has 0 amide bonds. The minimum Gasteiger partial charge on any atom is -0.467 e. The quantitative estimate of drug-likeness (QED) is 0.750. The zero-order chi connectivity index (χ0) is 15.0. The number of esters is 2. The van der Waals surface area contributed by atoms with E-state index in [-0.39, 0.29) is 19.0 Å². The Hall–Kier alpha value is -2.17. The molecule has 1 unspecified atom stereocenters. The van der Waals surface area contributed by atoms with Crippen molar-refractivity contribution in [2.45, 2.75) is 19.5 Å². The number of halogens is 1. The van der Waals surface area contributed by atoms with Gasteiger partial charge < -0.3 is 9.47 Å². The maximum atomic E-state index is 13.5. The highest BCUT2D eigenvalue weighted by Gasteiger charge is 2.17. The molecule has 0 radical (unpaired) electrons. The standard InChI is InChI=1S/C15H17FO4/c1-11(17)20-8-4-7-12-5-3-6-13(9-12)10-14(16)15(18)19-2/h3-7,9,14H,8,10H2,1-2H3/b7-4+. The van der Waals surface area contributed by atoms with Crippen molar-refractivity contribution in [1.82, 2.24) is 0 Å². The Balaban J connectivity index is 2.61. The van der Waals surface area contributed by atoms with Crippen molar-refractivity contribution in [3.05, 3.63) is 41.5 Å². The van der Waals surface area contributed by atoms with E-state index in [9.17, 15) is 14.0 Å². The number of carbonyl (C=O) groups is 2. The van der Waals surface area contributed by atoms with Crippen LogP contribution in [0, 0.1) is 0 Å². The van der Waals surface area contributed by atoms with Gasteiger partial charge in [0.05, 0.1) is 7.11 Å². The molecule has 1 aromatic carbocycles. The number of benzene rings is 1. The van der Waals surface area contributed by atoms with Crippen LogP contribution in [0.3, 0.4) is 0 Å². The van der Waals surface area contributed by atoms with Gasteiger partial charge in [-0.15, -0.1) is 0 Å². The smallest absolute Gasteiger partial charge is 0.340 e. The lowest BCUT2D eigenvalue weighted by Crippen LogP contribution is -2.19. The second-order valence-electron chi connectivity index (χ2n) is 4.14. The summed E-state index contributed by atoms with van der Waals surface area (Å²) < 4.78 is 22.6. The van der Waals surface area contributed by atoms with Crippen LogP contribution < -0.4 is 0 Å². The first-order valence-electron chi connectivity index (χ1n) is 6.13. The molecule has 0 aromatic heterocycles. The molecule has 0 aliphatic heterocycles. The Kier molecular flexibility index (Phi) is 6.43. The van der Waals surface area contributed by atoms with Crippen LogP contribution in [0.2, 0.25) is 0 Å². The fraction of sp³-hybridized carbons (Fsp3) is 0.333. The molecule has 0 aliphatic carbocycles. The summed E-state index contributed by atoms with van der Waals surface area (Å²) in [6.45, 7) is 1.52. The molecule has 0 heterocycles. The van der Waals surface area contributed by atoms with Gasteiger partial charge in [-0.05, 0) is 17.2 Å². The SMILES string of the molecule is COC(=O)C(F)Cc1cccc(/C=C/COC(C)=O)c1. The average Bonchev–Trinajstić information content (AvgIpc) is 2.43. The third-order valence-electron chi connectivity index (χ3n) is 2.52. The zero-order valence-electron chi connectivity index (χ0n) is 11.5. The minimum atomic E-state index is -1.67. The van der Waals surface area contributed by atoms with Crippen LogP contribution >= 0.6 is 0 Å². The number of rotatable bonds is 6. The molecule has 0 spiro atoms. The summed E-state index contributed by atoms with van der Waals surface area (Å²) in [4.78, 5) is 21.6. The van der Waals surface area contributed by atoms with E-state index in [1.807, 2.05) is 6.07 Å². The molecule has 0 N–H and O–H groups in total. The van der Waals surface area contributed by atoms with Crippen molar-refractivity contribution < 1.29 is 23.5 Å². The van der Waals surface area contributed by atoms with Crippen LogP contribution in [0.4, 0.5) is 4.39 Å². The molecule has 4 nitrogen and oxygen atoms in total. The van der Waals surface area contributed by atoms with Gasteiger partial charge in [-0.25, -0.2) is 9.18 Å². The number of carbonyl (C=O) groups excluding carboxylic acids is 2. The van der Waals surface area contributed by atoms with Crippen LogP contribution in [0.1, 0.15) is 18.1 Å². The van der Waals surface area contributed by atoms with Gasteiger partial charge in [0.2, 0.25) is 6.17 Å². The molecule has 108 valence electrons. The van der Waals surface area contributed by atoms with Crippen LogP contribution in [-0.2, 0) is 25.5 Å². The van der Waals surface area contributed by atoms with Crippen molar-refractivity contribution >= 4 is 18.0 Å². The zero-order valence-corrected chi connectivity index (χ0v) is 11.5. The fourth-order valence-electron chi connectivity index (χ4n) is 1.59. The lowest BCUT2D eigenvalue weighted by atomic mass is 10.1. The number of ether oxygens (including phenoxy) is 2. The van der Waals surface area contributed by atoms with Crippen LogP contribution in [-0.4, -0.2) is 31.8 Å². The lowest BCUT2D eigenvalue weighted by molar-refractivity contribution is -0.146. The third-order valence-corrected chi connectivity index (χ3v) is 2.52. The lowest BCUT2D eigenvalue weighted by Gasteiger charge is -2.06. The second kappa shape index (κ2) is 8.09. The first-order chi connectivity index (χ1) is 9.52. The minimum absolute atomic E-state index is 0.0295. The molecule has 0 aliphatic rings. The van der Waals surface area contributed by atoms with Crippen LogP contribution in [0.5, 0.6) is 0 Å². The Morgan fingerprint density at radius 3 is 2.80 bits per heavy atom. The Morgan fingerprint density at radius 1 is 1.40 bits per heavy atom. The summed E-state index contributed by atoms with van der Waals surface area (Å²) in [6, 6.07) is 7.10. The van der Waals surface area contributed by atoms with Gasteiger partial charge in [0.15, 0.2) is 0 Å². The monoisotopic (exact) mass is 280 g/mol. The van der Waals surface area contributed by atoms with E-state index >= 15 is 0 Å². The largest absolute Gasteiger partial charge is 0.467 e. The predicted molar refractivity (Wildman–Crippen MR) is 72.7 cm³/mol. The summed E-state index contributed by atoms with van der Waals surface area (Å²) in [5, 5.41) is 0. The van der Waals surface area contributed by atoms with E-state index in [1.165, 1.54) is 6.92 Å². The van der Waals surface area contributed by atoms with Gasteiger partial charge in [0, 0.05) is 13.3 Å². The van der Waals surface area contributed by atoms with Gasteiger partial charge in [0.1, 0.15) is 6.61 Å². The van der Waals surface area contributed by atoms with Crippen molar-refractivity contribution in [2.24, 2.45) is 0 Å². The Morgan fingerprint density at radius 2 is 2.15 bits per heavy atom. The normalized spacial score (nSPS) is 12.2. The van der Waals surface area contributed by atoms with Crippen molar-refractivity contribution in [2.75, 3.05) is 13.7 Å². The van der Waals surface area contributed by atoms with E-state index in [0.29, 0.717) is 5.56 Å². The van der Waals surface area contributed by atoms with Gasteiger partial charge in [-0.1, -0.05) is 30.3 Å². The fourth-order valence-corrected chi connectivity index (χ4v) is 1.59. The molecule has 0 saturated carbocycles. The third kappa shape index (κ3) is 5.65. The first kappa shape index (κ1) is 15.9. The molecule has 1 aromatic rings. The highest BCUT2D eigenvalue weighted by molar-refractivity contribution is 5.74. The summed E-state index contributed by atoms with van der Waals surface area (Å²) in [5.74, 6) is -1.22. The number of methoxy groups -OCH3 is 1. The van der Waals surface area contributed by atoms with Crippen molar-refractivity contribution in [3.63, 3.8) is 0 Å². The van der Waals surface area contributed by atoms with Crippen LogP contribution in [0.15, 0.2) is 30.3 Å². The second-order valence-corrected chi connectivity index (χ2v) is 4.14. The number of hydrogen-bond donors (Lipinski definition) is 0. The number of alkyl halides is 1. The molecule has 0 saturated heterocycles. The van der Waals surface area contributed by atoms with Gasteiger partial charge in [0.25, 0.3) is 0 Å². The molecule has 1 atom stereocenters. The topological polar surface area (TPSA) is 52.6 Å². The van der Waals surface area contributed by atoms with Crippen LogP contribution in [0.25, 0.3) is 6.08 Å². The average molecular weight is 280 g/mol. The van der Waals surface area contributed by atoms with E-state index < -0.39 is 12.1 Å². The van der Waals surface area contributed by atoms with Gasteiger partial charge in [-0.3, -0.25) is 4.79 Å². The molecular weight excluding hydrogens is 263 g/mol. The summed E-state index contributed by atoms with van der Waals surface area (Å²) in [7, 11) is 1.16. The highest BCUT2D eigenvalue weighted by atomic mass is 19.1. The van der Waals surface area contributed by atoms with E-state index in [0.717, 1.165) is 12.7 Å².